The predicted octanol–water partition coefficient (Wildman–Crippen LogP) is 1.88. The molecule has 142 valence electrons. The molecule has 2 aromatic rings. The van der Waals surface area contributed by atoms with E-state index in [0.29, 0.717) is 19.0 Å². The second-order valence-corrected chi connectivity index (χ2v) is 6.63. The summed E-state index contributed by atoms with van der Waals surface area (Å²) in [5.41, 5.74) is 1.23. The first kappa shape index (κ1) is 17.5. The number of hydrogen-bond acceptors (Lipinski definition) is 7. The summed E-state index contributed by atoms with van der Waals surface area (Å²) < 4.78 is 10.8. The second-order valence-electron chi connectivity index (χ2n) is 6.63. The average Bonchev–Trinajstić information content (AvgIpc) is 3.17. The molecule has 8 nitrogen and oxygen atoms in total. The van der Waals surface area contributed by atoms with E-state index < -0.39 is 0 Å². The Morgan fingerprint density at radius 3 is 2.63 bits per heavy atom. The molecule has 1 fully saturated rings. The Bertz CT molecular complexity index is 803. The molecule has 0 radical (unpaired) electrons. The molecular formula is C19H23N5O3. The van der Waals surface area contributed by atoms with Crippen LogP contribution in [0.25, 0.3) is 0 Å². The van der Waals surface area contributed by atoms with Crippen molar-refractivity contribution < 1.29 is 14.3 Å². The Hall–Kier alpha value is -2.87. The lowest BCUT2D eigenvalue weighted by Gasteiger charge is -2.35. The van der Waals surface area contributed by atoms with Crippen molar-refractivity contribution in [3.63, 3.8) is 0 Å². The number of anilines is 2. The molecule has 2 aliphatic rings. The van der Waals surface area contributed by atoms with Crippen LogP contribution in [-0.2, 0) is 11.3 Å². The maximum atomic E-state index is 11.4. The van der Waals surface area contributed by atoms with Gasteiger partial charge in [0.2, 0.25) is 12.7 Å². The molecular weight excluding hydrogens is 346 g/mol. The summed E-state index contributed by atoms with van der Waals surface area (Å²) >= 11 is 0. The molecule has 27 heavy (non-hydrogen) atoms. The Labute approximate surface area is 158 Å². The number of nitrogens with zero attached hydrogens (tertiary/aromatic N) is 4. The standard InChI is InChI=1S/C19H23N5O3/c1-2-19(25)20-17-5-6-18(22-21-17)24-9-7-23(8-10-24)12-14-3-4-15-16(11-14)27-13-26-15/h3-6,11H,2,7-10,12-13H2,1H3,(H,20,21,25). The number of carbonyl (C=O) groups is 1. The van der Waals surface area contributed by atoms with Gasteiger partial charge in [-0.25, -0.2) is 0 Å². The van der Waals surface area contributed by atoms with Crippen molar-refractivity contribution in [1.29, 1.82) is 0 Å². The number of rotatable bonds is 5. The van der Waals surface area contributed by atoms with Crippen molar-refractivity contribution in [3.05, 3.63) is 35.9 Å². The molecule has 1 aromatic heterocycles. The van der Waals surface area contributed by atoms with Gasteiger partial charge in [0.25, 0.3) is 0 Å². The highest BCUT2D eigenvalue weighted by Crippen LogP contribution is 2.32. The molecule has 4 rings (SSSR count). The third-order valence-electron chi connectivity index (χ3n) is 4.78. The zero-order valence-corrected chi connectivity index (χ0v) is 15.4. The fourth-order valence-electron chi connectivity index (χ4n) is 3.22. The van der Waals surface area contributed by atoms with Gasteiger partial charge in [0.05, 0.1) is 0 Å². The van der Waals surface area contributed by atoms with Gasteiger partial charge in [0.1, 0.15) is 0 Å². The Balaban J connectivity index is 1.30. The van der Waals surface area contributed by atoms with Crippen molar-refractivity contribution in [2.75, 3.05) is 43.2 Å². The minimum Gasteiger partial charge on any atom is -0.454 e. The van der Waals surface area contributed by atoms with Crippen LogP contribution < -0.4 is 19.7 Å². The Kier molecular flexibility index (Phi) is 5.06. The maximum absolute atomic E-state index is 11.4. The average molecular weight is 369 g/mol. The quantitative estimate of drug-likeness (QED) is 0.862. The van der Waals surface area contributed by atoms with Gasteiger partial charge >= 0.3 is 0 Å². The summed E-state index contributed by atoms with van der Waals surface area (Å²) in [6.45, 7) is 6.67. The molecule has 0 bridgehead atoms. The second kappa shape index (κ2) is 7.79. The van der Waals surface area contributed by atoms with Crippen LogP contribution in [0.1, 0.15) is 18.9 Å². The zero-order valence-electron chi connectivity index (χ0n) is 15.4. The first-order valence-electron chi connectivity index (χ1n) is 9.20. The number of aromatic nitrogens is 2. The summed E-state index contributed by atoms with van der Waals surface area (Å²) in [5.74, 6) is 2.92. The fraction of sp³-hybridized carbons (Fsp3) is 0.421. The van der Waals surface area contributed by atoms with Gasteiger partial charge in [-0.05, 0) is 29.8 Å². The molecule has 0 saturated carbocycles. The van der Waals surface area contributed by atoms with Crippen LogP contribution in [0, 0.1) is 0 Å². The largest absolute Gasteiger partial charge is 0.454 e. The third kappa shape index (κ3) is 4.11. The molecule has 0 unspecified atom stereocenters. The first-order chi connectivity index (χ1) is 13.2. The first-order valence-corrected chi connectivity index (χ1v) is 9.20. The van der Waals surface area contributed by atoms with E-state index in [2.05, 4.69) is 37.4 Å². The van der Waals surface area contributed by atoms with Crippen LogP contribution in [0.3, 0.4) is 0 Å². The van der Waals surface area contributed by atoms with Crippen molar-refractivity contribution in [2.24, 2.45) is 0 Å². The van der Waals surface area contributed by atoms with Crippen molar-refractivity contribution in [2.45, 2.75) is 19.9 Å². The van der Waals surface area contributed by atoms with Gasteiger partial charge in [0, 0.05) is 39.1 Å². The van der Waals surface area contributed by atoms with E-state index in [4.69, 9.17) is 9.47 Å². The number of benzene rings is 1. The summed E-state index contributed by atoms with van der Waals surface area (Å²) in [7, 11) is 0. The van der Waals surface area contributed by atoms with Crippen molar-refractivity contribution in [1.82, 2.24) is 15.1 Å². The normalized spacial score (nSPS) is 16.4. The minimum atomic E-state index is -0.0609. The van der Waals surface area contributed by atoms with E-state index in [1.165, 1.54) is 5.56 Å². The number of piperazine rings is 1. The number of carbonyl (C=O) groups excluding carboxylic acids is 1. The van der Waals surface area contributed by atoms with Crippen LogP contribution in [0.5, 0.6) is 11.5 Å². The Morgan fingerprint density at radius 1 is 1.07 bits per heavy atom. The summed E-state index contributed by atoms with van der Waals surface area (Å²) in [6.07, 6.45) is 0.425. The van der Waals surface area contributed by atoms with Gasteiger partial charge in [-0.3, -0.25) is 9.69 Å². The summed E-state index contributed by atoms with van der Waals surface area (Å²) in [5, 5.41) is 11.1. The highest BCUT2D eigenvalue weighted by Gasteiger charge is 2.20. The van der Waals surface area contributed by atoms with E-state index >= 15 is 0 Å². The zero-order chi connectivity index (χ0) is 18.6. The maximum Gasteiger partial charge on any atom is 0.231 e. The van der Waals surface area contributed by atoms with Gasteiger partial charge in [0.15, 0.2) is 23.1 Å². The van der Waals surface area contributed by atoms with E-state index in [1.807, 2.05) is 12.1 Å². The molecule has 0 atom stereocenters. The lowest BCUT2D eigenvalue weighted by atomic mass is 10.1. The molecule has 8 heteroatoms. The molecule has 0 aliphatic carbocycles. The van der Waals surface area contributed by atoms with E-state index in [9.17, 15) is 4.79 Å². The summed E-state index contributed by atoms with van der Waals surface area (Å²) in [6, 6.07) is 9.83. The number of hydrogen-bond donors (Lipinski definition) is 1. The minimum absolute atomic E-state index is 0.0609. The lowest BCUT2D eigenvalue weighted by molar-refractivity contribution is -0.115. The van der Waals surface area contributed by atoms with Gasteiger partial charge in [-0.15, -0.1) is 10.2 Å². The molecule has 2 aliphatic heterocycles. The van der Waals surface area contributed by atoms with E-state index in [-0.39, 0.29) is 5.91 Å². The van der Waals surface area contributed by atoms with Crippen LogP contribution in [-0.4, -0.2) is 54.0 Å². The number of nitrogens with one attached hydrogen (secondary N) is 1. The topological polar surface area (TPSA) is 79.8 Å². The van der Waals surface area contributed by atoms with Crippen LogP contribution in [0.2, 0.25) is 0 Å². The predicted molar refractivity (Wildman–Crippen MR) is 101 cm³/mol. The molecule has 1 saturated heterocycles. The number of fused-ring (bicyclic) bond motifs is 1. The molecule has 0 spiro atoms. The van der Waals surface area contributed by atoms with Gasteiger partial charge < -0.3 is 19.7 Å². The lowest BCUT2D eigenvalue weighted by Crippen LogP contribution is -2.46. The molecule has 1 aromatic carbocycles. The number of amides is 1. The van der Waals surface area contributed by atoms with Crippen LogP contribution >= 0.6 is 0 Å². The van der Waals surface area contributed by atoms with Crippen LogP contribution in [0.15, 0.2) is 30.3 Å². The highest BCUT2D eigenvalue weighted by molar-refractivity contribution is 5.89. The van der Waals surface area contributed by atoms with E-state index in [1.54, 1.807) is 13.0 Å². The van der Waals surface area contributed by atoms with E-state index in [0.717, 1.165) is 50.0 Å². The number of ether oxygens (including phenoxy) is 2. The third-order valence-corrected chi connectivity index (χ3v) is 4.78. The van der Waals surface area contributed by atoms with Crippen molar-refractivity contribution >= 4 is 17.5 Å². The fourth-order valence-corrected chi connectivity index (χ4v) is 3.22. The van der Waals surface area contributed by atoms with Gasteiger partial charge in [-0.1, -0.05) is 13.0 Å². The molecule has 3 heterocycles. The smallest absolute Gasteiger partial charge is 0.231 e. The SMILES string of the molecule is CCC(=O)Nc1ccc(N2CCN(Cc3ccc4c(c3)OCO4)CC2)nn1. The van der Waals surface area contributed by atoms with Crippen molar-refractivity contribution in [3.8, 4) is 11.5 Å². The summed E-state index contributed by atoms with van der Waals surface area (Å²) in [4.78, 5) is 16.0. The highest BCUT2D eigenvalue weighted by atomic mass is 16.7. The van der Waals surface area contributed by atoms with Gasteiger partial charge in [-0.2, -0.15) is 0 Å². The Morgan fingerprint density at radius 2 is 1.89 bits per heavy atom. The molecule has 1 N–H and O–H groups in total. The van der Waals surface area contributed by atoms with Crippen LogP contribution in [0.4, 0.5) is 11.6 Å². The monoisotopic (exact) mass is 369 g/mol. The molecule has 1 amide bonds.